The molecule has 2 unspecified atom stereocenters. The van der Waals surface area contributed by atoms with Crippen LogP contribution in [0.3, 0.4) is 0 Å². The molecule has 1 aliphatic rings. The van der Waals surface area contributed by atoms with E-state index in [0.29, 0.717) is 11.5 Å². The SMILES string of the molecule is COc1ccc(CCN2CCC(C)(c3cccc(C(N)=O)c3)C(C)C2)cc1. The molecule has 1 fully saturated rings. The number of piperidine rings is 1. The Morgan fingerprint density at radius 1 is 1.26 bits per heavy atom. The number of hydrogen-bond donors (Lipinski definition) is 1. The van der Waals surface area contributed by atoms with Crippen LogP contribution in [0.5, 0.6) is 5.75 Å². The number of benzene rings is 2. The zero-order valence-electron chi connectivity index (χ0n) is 16.6. The van der Waals surface area contributed by atoms with Crippen LogP contribution < -0.4 is 10.5 Å². The van der Waals surface area contributed by atoms with Gasteiger partial charge in [-0.05, 0) is 66.1 Å². The summed E-state index contributed by atoms with van der Waals surface area (Å²) in [7, 11) is 1.69. The number of carbonyl (C=O) groups is 1. The van der Waals surface area contributed by atoms with Gasteiger partial charge in [-0.2, -0.15) is 0 Å². The minimum absolute atomic E-state index is 0.0715. The van der Waals surface area contributed by atoms with E-state index in [1.54, 1.807) is 13.2 Å². The average Bonchev–Trinajstić information content (AvgIpc) is 2.69. The van der Waals surface area contributed by atoms with Gasteiger partial charge in [0, 0.05) is 18.7 Å². The summed E-state index contributed by atoms with van der Waals surface area (Å²) in [5, 5.41) is 0. The molecule has 0 spiro atoms. The molecule has 2 atom stereocenters. The lowest BCUT2D eigenvalue weighted by Crippen LogP contribution is -2.47. The van der Waals surface area contributed by atoms with Gasteiger partial charge >= 0.3 is 0 Å². The molecular weight excluding hydrogens is 336 g/mol. The van der Waals surface area contributed by atoms with E-state index < -0.39 is 0 Å². The topological polar surface area (TPSA) is 55.6 Å². The molecule has 4 heteroatoms. The zero-order chi connectivity index (χ0) is 19.4. The second-order valence-electron chi connectivity index (χ2n) is 7.91. The van der Waals surface area contributed by atoms with Gasteiger partial charge in [0.1, 0.15) is 5.75 Å². The predicted molar refractivity (Wildman–Crippen MR) is 109 cm³/mol. The summed E-state index contributed by atoms with van der Waals surface area (Å²) in [5.74, 6) is 1.05. The monoisotopic (exact) mass is 366 g/mol. The number of likely N-dealkylation sites (tertiary alicyclic amines) is 1. The van der Waals surface area contributed by atoms with E-state index in [1.807, 2.05) is 24.3 Å². The number of rotatable bonds is 6. The Bertz CT molecular complexity index is 787. The van der Waals surface area contributed by atoms with Gasteiger partial charge in [0.2, 0.25) is 5.91 Å². The number of amides is 1. The standard InChI is InChI=1S/C23H30N2O2/c1-17-16-25(13-11-18-7-9-21(27-3)10-8-18)14-12-23(17,2)20-6-4-5-19(15-20)22(24)26/h4-10,15,17H,11-14,16H2,1-3H3,(H2,24,26). The summed E-state index contributed by atoms with van der Waals surface area (Å²) in [5.41, 5.74) is 8.70. The molecule has 0 saturated carbocycles. The van der Waals surface area contributed by atoms with Crippen molar-refractivity contribution in [3.05, 3.63) is 65.2 Å². The number of carbonyl (C=O) groups excluding carboxylic acids is 1. The summed E-state index contributed by atoms with van der Waals surface area (Å²) >= 11 is 0. The van der Waals surface area contributed by atoms with Crippen molar-refractivity contribution in [2.45, 2.75) is 32.1 Å². The summed E-state index contributed by atoms with van der Waals surface area (Å²) < 4.78 is 5.23. The van der Waals surface area contributed by atoms with Gasteiger partial charge in [0.05, 0.1) is 7.11 Å². The van der Waals surface area contributed by atoms with Crippen molar-refractivity contribution in [3.63, 3.8) is 0 Å². The number of nitrogens with zero attached hydrogens (tertiary/aromatic N) is 1. The first-order valence-electron chi connectivity index (χ1n) is 9.68. The molecule has 1 saturated heterocycles. The van der Waals surface area contributed by atoms with Crippen molar-refractivity contribution in [3.8, 4) is 5.75 Å². The van der Waals surface area contributed by atoms with E-state index >= 15 is 0 Å². The largest absolute Gasteiger partial charge is 0.497 e. The van der Waals surface area contributed by atoms with Crippen LogP contribution in [0, 0.1) is 5.92 Å². The molecule has 0 radical (unpaired) electrons. The van der Waals surface area contributed by atoms with E-state index in [1.165, 1.54) is 11.1 Å². The lowest BCUT2D eigenvalue weighted by atomic mass is 9.68. The van der Waals surface area contributed by atoms with Crippen LogP contribution in [0.25, 0.3) is 0 Å². The fourth-order valence-electron chi connectivity index (χ4n) is 4.06. The number of ether oxygens (including phenoxy) is 1. The molecule has 1 heterocycles. The summed E-state index contributed by atoms with van der Waals surface area (Å²) in [6.07, 6.45) is 2.13. The molecule has 1 amide bonds. The first kappa shape index (κ1) is 19.4. The Hall–Kier alpha value is -2.33. The molecule has 2 N–H and O–H groups in total. The highest BCUT2D eigenvalue weighted by Crippen LogP contribution is 2.39. The summed E-state index contributed by atoms with van der Waals surface area (Å²) in [6.45, 7) is 7.83. The Morgan fingerprint density at radius 2 is 2.00 bits per heavy atom. The Kier molecular flexibility index (Phi) is 5.85. The Morgan fingerprint density at radius 3 is 2.63 bits per heavy atom. The highest BCUT2D eigenvalue weighted by molar-refractivity contribution is 5.92. The highest BCUT2D eigenvalue weighted by Gasteiger charge is 2.37. The van der Waals surface area contributed by atoms with Gasteiger partial charge in [0.15, 0.2) is 0 Å². The van der Waals surface area contributed by atoms with Crippen LogP contribution in [-0.2, 0) is 11.8 Å². The maximum Gasteiger partial charge on any atom is 0.248 e. The van der Waals surface area contributed by atoms with Crippen LogP contribution in [0.4, 0.5) is 0 Å². The lowest BCUT2D eigenvalue weighted by molar-refractivity contribution is 0.0998. The second kappa shape index (κ2) is 8.13. The van der Waals surface area contributed by atoms with Gasteiger partial charge < -0.3 is 15.4 Å². The highest BCUT2D eigenvalue weighted by atomic mass is 16.5. The number of primary amides is 1. The van der Waals surface area contributed by atoms with Crippen LogP contribution >= 0.6 is 0 Å². The molecule has 0 bridgehead atoms. The maximum atomic E-state index is 11.5. The van der Waals surface area contributed by atoms with E-state index in [0.717, 1.165) is 38.2 Å². The molecule has 27 heavy (non-hydrogen) atoms. The average molecular weight is 367 g/mol. The number of methoxy groups -OCH3 is 1. The van der Waals surface area contributed by atoms with Crippen LogP contribution in [0.2, 0.25) is 0 Å². The lowest BCUT2D eigenvalue weighted by Gasteiger charge is -2.45. The molecule has 2 aromatic rings. The first-order valence-corrected chi connectivity index (χ1v) is 9.68. The fourth-order valence-corrected chi connectivity index (χ4v) is 4.06. The maximum absolute atomic E-state index is 11.5. The third kappa shape index (κ3) is 4.33. The minimum Gasteiger partial charge on any atom is -0.497 e. The summed E-state index contributed by atoms with van der Waals surface area (Å²) in [4.78, 5) is 14.1. The molecular formula is C23H30N2O2. The third-order valence-corrected chi connectivity index (χ3v) is 6.25. The van der Waals surface area contributed by atoms with E-state index in [9.17, 15) is 4.79 Å². The molecule has 4 nitrogen and oxygen atoms in total. The van der Waals surface area contributed by atoms with Crippen molar-refractivity contribution >= 4 is 5.91 Å². The molecule has 0 aromatic heterocycles. The van der Waals surface area contributed by atoms with Gasteiger partial charge in [-0.25, -0.2) is 0 Å². The summed E-state index contributed by atoms with van der Waals surface area (Å²) in [6, 6.07) is 16.2. The smallest absolute Gasteiger partial charge is 0.248 e. The van der Waals surface area contributed by atoms with Crippen molar-refractivity contribution in [2.75, 3.05) is 26.7 Å². The molecule has 144 valence electrons. The fraction of sp³-hybridized carbons (Fsp3) is 0.435. The van der Waals surface area contributed by atoms with Crippen molar-refractivity contribution < 1.29 is 9.53 Å². The molecule has 0 aliphatic carbocycles. The zero-order valence-corrected chi connectivity index (χ0v) is 16.6. The van der Waals surface area contributed by atoms with Gasteiger partial charge in [-0.3, -0.25) is 4.79 Å². The minimum atomic E-state index is -0.356. The van der Waals surface area contributed by atoms with E-state index in [4.69, 9.17) is 10.5 Å². The van der Waals surface area contributed by atoms with E-state index in [-0.39, 0.29) is 11.3 Å². The van der Waals surface area contributed by atoms with Crippen molar-refractivity contribution in [1.82, 2.24) is 4.90 Å². The third-order valence-electron chi connectivity index (χ3n) is 6.25. The van der Waals surface area contributed by atoms with Gasteiger partial charge in [-0.15, -0.1) is 0 Å². The van der Waals surface area contributed by atoms with Crippen molar-refractivity contribution in [1.29, 1.82) is 0 Å². The quantitative estimate of drug-likeness (QED) is 0.849. The van der Waals surface area contributed by atoms with Crippen LogP contribution in [0.1, 0.15) is 41.8 Å². The normalized spacial score (nSPS) is 23.1. The predicted octanol–water partition coefficient (Wildman–Crippen LogP) is 3.64. The van der Waals surface area contributed by atoms with Crippen LogP contribution in [0.15, 0.2) is 48.5 Å². The molecule has 2 aromatic carbocycles. The Balaban J connectivity index is 1.62. The van der Waals surface area contributed by atoms with Crippen LogP contribution in [-0.4, -0.2) is 37.6 Å². The molecule has 3 rings (SSSR count). The van der Waals surface area contributed by atoms with Gasteiger partial charge in [0.25, 0.3) is 0 Å². The van der Waals surface area contributed by atoms with Gasteiger partial charge in [-0.1, -0.05) is 38.1 Å². The second-order valence-corrected chi connectivity index (χ2v) is 7.91. The number of nitrogens with two attached hydrogens (primary N) is 1. The van der Waals surface area contributed by atoms with E-state index in [2.05, 4.69) is 36.9 Å². The Labute approximate surface area is 162 Å². The first-order chi connectivity index (χ1) is 12.9. The molecule has 1 aliphatic heterocycles. The number of hydrogen-bond acceptors (Lipinski definition) is 3. The van der Waals surface area contributed by atoms with Crippen molar-refractivity contribution in [2.24, 2.45) is 11.7 Å².